The standard InChI is InChI=1S/C25H33N7O3/c1-18(21-8-7-19(32(21)26-2)15-30-11-9-29(3)10-12-30)28-24-16-31(17-27-24)20-13-22(33-4)25(35-6)23(14-20)34-5/h7-8,13-14,16-17,28H,1-2,9-12,15H2,3-6H3. The van der Waals surface area contributed by atoms with Crippen molar-refractivity contribution in [2.45, 2.75) is 6.54 Å². The van der Waals surface area contributed by atoms with Crippen molar-refractivity contribution in [3.63, 3.8) is 0 Å². The zero-order chi connectivity index (χ0) is 24.9. The molecule has 4 rings (SSSR count). The number of imidazole rings is 1. The largest absolute Gasteiger partial charge is 0.493 e. The second-order valence-corrected chi connectivity index (χ2v) is 8.40. The van der Waals surface area contributed by atoms with Crippen LogP contribution in [0.4, 0.5) is 5.82 Å². The van der Waals surface area contributed by atoms with Gasteiger partial charge in [-0.1, -0.05) is 6.58 Å². The SMILES string of the molecule is C=Nn1c(CN2CCN(C)CC2)ccc1C(=C)Nc1cn(-c2cc(OC)c(OC)c(OC)c2)cn1. The second-order valence-electron chi connectivity index (χ2n) is 8.40. The predicted octanol–water partition coefficient (Wildman–Crippen LogP) is 2.99. The number of nitrogens with zero attached hydrogens (tertiary/aromatic N) is 6. The van der Waals surface area contributed by atoms with E-state index < -0.39 is 0 Å². The van der Waals surface area contributed by atoms with Gasteiger partial charge in [0.05, 0.1) is 50.3 Å². The van der Waals surface area contributed by atoms with E-state index in [2.05, 4.69) is 51.6 Å². The summed E-state index contributed by atoms with van der Waals surface area (Å²) in [6, 6.07) is 7.80. The molecule has 10 nitrogen and oxygen atoms in total. The molecular formula is C25H33N7O3. The van der Waals surface area contributed by atoms with Gasteiger partial charge < -0.3 is 29.0 Å². The summed E-state index contributed by atoms with van der Waals surface area (Å²) in [4.78, 5) is 9.25. The minimum absolute atomic E-state index is 0.538. The molecule has 0 spiro atoms. The zero-order valence-corrected chi connectivity index (χ0v) is 20.8. The number of aromatic nitrogens is 3. The van der Waals surface area contributed by atoms with Crippen LogP contribution in [0.5, 0.6) is 17.2 Å². The van der Waals surface area contributed by atoms with Crippen molar-refractivity contribution >= 4 is 18.2 Å². The Hall–Kier alpha value is -3.76. The fraction of sp³-hybridized carbons (Fsp3) is 0.360. The maximum Gasteiger partial charge on any atom is 0.203 e. The van der Waals surface area contributed by atoms with Gasteiger partial charge in [-0.15, -0.1) is 0 Å². The van der Waals surface area contributed by atoms with Crippen LogP contribution in [-0.2, 0) is 6.54 Å². The molecule has 0 aliphatic carbocycles. The number of hydrogen-bond donors (Lipinski definition) is 1. The number of rotatable bonds is 10. The molecule has 1 N–H and O–H groups in total. The molecule has 3 aromatic rings. The first-order valence-corrected chi connectivity index (χ1v) is 11.4. The summed E-state index contributed by atoms with van der Waals surface area (Å²) in [6.45, 7) is 13.0. The lowest BCUT2D eigenvalue weighted by Crippen LogP contribution is -2.44. The minimum Gasteiger partial charge on any atom is -0.493 e. The molecule has 1 aliphatic rings. The molecule has 0 unspecified atom stereocenters. The molecule has 10 heteroatoms. The van der Waals surface area contributed by atoms with Crippen LogP contribution in [0.2, 0.25) is 0 Å². The molecule has 186 valence electrons. The van der Waals surface area contributed by atoms with Gasteiger partial charge >= 0.3 is 0 Å². The van der Waals surface area contributed by atoms with Crippen LogP contribution in [0.3, 0.4) is 0 Å². The van der Waals surface area contributed by atoms with E-state index in [-0.39, 0.29) is 0 Å². The third kappa shape index (κ3) is 5.18. The van der Waals surface area contributed by atoms with Gasteiger partial charge in [0.15, 0.2) is 11.5 Å². The number of piperazine rings is 1. The molecule has 1 saturated heterocycles. The lowest BCUT2D eigenvalue weighted by molar-refractivity contribution is 0.146. The van der Waals surface area contributed by atoms with Crippen molar-refractivity contribution in [2.24, 2.45) is 5.10 Å². The highest BCUT2D eigenvalue weighted by Crippen LogP contribution is 2.39. The molecule has 0 radical (unpaired) electrons. The van der Waals surface area contributed by atoms with E-state index in [9.17, 15) is 0 Å². The molecule has 0 atom stereocenters. The van der Waals surface area contributed by atoms with Gasteiger partial charge in [0.25, 0.3) is 0 Å². The first-order chi connectivity index (χ1) is 17.0. The Labute approximate surface area is 206 Å². The average Bonchev–Trinajstić information content (AvgIpc) is 3.51. The van der Waals surface area contributed by atoms with Gasteiger partial charge in [0.1, 0.15) is 12.1 Å². The second kappa shape index (κ2) is 10.7. The topological polar surface area (TPSA) is 81.3 Å². The summed E-state index contributed by atoms with van der Waals surface area (Å²) in [5, 5.41) is 7.53. The van der Waals surface area contributed by atoms with Crippen molar-refractivity contribution in [3.8, 4) is 22.9 Å². The monoisotopic (exact) mass is 479 g/mol. The van der Waals surface area contributed by atoms with Crippen LogP contribution in [0.1, 0.15) is 11.4 Å². The van der Waals surface area contributed by atoms with Crippen molar-refractivity contribution in [3.05, 3.63) is 54.8 Å². The van der Waals surface area contributed by atoms with E-state index in [1.807, 2.05) is 33.6 Å². The van der Waals surface area contributed by atoms with E-state index in [0.717, 1.165) is 49.8 Å². The van der Waals surface area contributed by atoms with Crippen molar-refractivity contribution in [2.75, 3.05) is 59.9 Å². The van der Waals surface area contributed by atoms with Gasteiger partial charge in [-0.2, -0.15) is 5.10 Å². The summed E-state index contributed by atoms with van der Waals surface area (Å²) in [7, 11) is 6.91. The molecule has 0 amide bonds. The number of methoxy groups -OCH3 is 3. The minimum atomic E-state index is 0.538. The summed E-state index contributed by atoms with van der Waals surface area (Å²) in [5.74, 6) is 2.31. The van der Waals surface area contributed by atoms with E-state index in [1.165, 1.54) is 0 Å². The van der Waals surface area contributed by atoms with Crippen LogP contribution >= 0.6 is 0 Å². The zero-order valence-electron chi connectivity index (χ0n) is 20.8. The molecular weight excluding hydrogens is 446 g/mol. The Morgan fingerprint density at radius 2 is 1.74 bits per heavy atom. The fourth-order valence-corrected chi connectivity index (χ4v) is 4.18. The quantitative estimate of drug-likeness (QED) is 0.448. The average molecular weight is 480 g/mol. The van der Waals surface area contributed by atoms with Crippen LogP contribution in [0.15, 0.2) is 48.5 Å². The lowest BCUT2D eigenvalue weighted by Gasteiger charge is -2.32. The normalized spacial score (nSPS) is 14.5. The fourth-order valence-electron chi connectivity index (χ4n) is 4.18. The highest BCUT2D eigenvalue weighted by Gasteiger charge is 2.18. The number of anilines is 1. The van der Waals surface area contributed by atoms with Gasteiger partial charge in [0.2, 0.25) is 5.75 Å². The maximum atomic E-state index is 5.46. The number of likely N-dealkylation sites (N-methyl/N-ethyl adjacent to an activating group) is 1. The molecule has 1 fully saturated rings. The highest BCUT2D eigenvalue weighted by atomic mass is 16.5. The molecule has 35 heavy (non-hydrogen) atoms. The summed E-state index contributed by atoms with van der Waals surface area (Å²) >= 11 is 0. The van der Waals surface area contributed by atoms with E-state index in [4.69, 9.17) is 14.2 Å². The first-order valence-electron chi connectivity index (χ1n) is 11.4. The van der Waals surface area contributed by atoms with Gasteiger partial charge in [-0.3, -0.25) is 4.90 Å². The first kappa shape index (κ1) is 24.4. The van der Waals surface area contributed by atoms with Crippen LogP contribution in [-0.4, -0.2) is 85.3 Å². The van der Waals surface area contributed by atoms with E-state index in [1.54, 1.807) is 27.7 Å². The van der Waals surface area contributed by atoms with Crippen LogP contribution < -0.4 is 19.5 Å². The summed E-state index contributed by atoms with van der Waals surface area (Å²) < 4.78 is 20.0. The molecule has 0 saturated carbocycles. The van der Waals surface area contributed by atoms with Crippen LogP contribution in [0, 0.1) is 0 Å². The van der Waals surface area contributed by atoms with Gasteiger partial charge in [0, 0.05) is 51.6 Å². The maximum absolute atomic E-state index is 5.46. The Bertz CT molecular complexity index is 1170. The van der Waals surface area contributed by atoms with Gasteiger partial charge in [-0.25, -0.2) is 9.66 Å². The predicted molar refractivity (Wildman–Crippen MR) is 138 cm³/mol. The van der Waals surface area contributed by atoms with Gasteiger partial charge in [-0.05, 0) is 19.2 Å². The summed E-state index contributed by atoms with van der Waals surface area (Å²) in [6.07, 6.45) is 3.57. The summed E-state index contributed by atoms with van der Waals surface area (Å²) in [5.41, 5.74) is 3.41. The Morgan fingerprint density at radius 1 is 1.06 bits per heavy atom. The molecule has 1 aromatic carbocycles. The number of ether oxygens (including phenoxy) is 3. The molecule has 2 aromatic heterocycles. The number of nitrogens with one attached hydrogen (secondary N) is 1. The lowest BCUT2D eigenvalue weighted by atomic mass is 10.2. The Balaban J connectivity index is 1.50. The smallest absolute Gasteiger partial charge is 0.203 e. The van der Waals surface area contributed by atoms with Crippen molar-refractivity contribution < 1.29 is 14.2 Å². The third-order valence-corrected chi connectivity index (χ3v) is 6.18. The molecule has 3 heterocycles. The van der Waals surface area contributed by atoms with E-state index in [0.29, 0.717) is 28.8 Å². The van der Waals surface area contributed by atoms with Crippen molar-refractivity contribution in [1.82, 2.24) is 24.0 Å². The Kier molecular flexibility index (Phi) is 7.42. The number of benzene rings is 1. The Morgan fingerprint density at radius 3 is 2.34 bits per heavy atom. The van der Waals surface area contributed by atoms with Crippen LogP contribution in [0.25, 0.3) is 11.4 Å². The van der Waals surface area contributed by atoms with E-state index >= 15 is 0 Å². The highest BCUT2D eigenvalue weighted by molar-refractivity contribution is 5.72. The molecule has 0 bridgehead atoms. The van der Waals surface area contributed by atoms with Crippen molar-refractivity contribution in [1.29, 1.82) is 0 Å². The third-order valence-electron chi connectivity index (χ3n) is 6.18. The molecule has 1 aliphatic heterocycles. The number of hydrogen-bond acceptors (Lipinski definition) is 8.